The summed E-state index contributed by atoms with van der Waals surface area (Å²) in [5.74, 6) is -1.73. The molecule has 1 aliphatic heterocycles. The van der Waals surface area contributed by atoms with Crippen molar-refractivity contribution in [1.29, 1.82) is 0 Å². The summed E-state index contributed by atoms with van der Waals surface area (Å²) in [6.45, 7) is -0.0506. The van der Waals surface area contributed by atoms with Gasteiger partial charge in [0.1, 0.15) is 0 Å². The van der Waals surface area contributed by atoms with Crippen molar-refractivity contribution in [2.75, 3.05) is 13.1 Å². The van der Waals surface area contributed by atoms with E-state index in [4.69, 9.17) is 0 Å². The van der Waals surface area contributed by atoms with E-state index in [-0.39, 0.29) is 46.0 Å². The number of imide groups is 1. The highest BCUT2D eigenvalue weighted by Crippen LogP contribution is 2.32. The highest BCUT2D eigenvalue weighted by molar-refractivity contribution is 8.18. The molecule has 3 amide bonds. The molecule has 1 N–H and O–H groups in total. The average Bonchev–Trinajstić information content (AvgIpc) is 3.14. The first-order valence-corrected chi connectivity index (χ1v) is 11.5. The third-order valence-corrected chi connectivity index (χ3v) is 6.58. The molecular weight excluding hydrogens is 466 g/mol. The zero-order chi connectivity index (χ0) is 24.5. The van der Waals surface area contributed by atoms with Crippen molar-refractivity contribution in [2.24, 2.45) is 0 Å². The average molecular weight is 484 g/mol. The van der Waals surface area contributed by atoms with Gasteiger partial charge < -0.3 is 5.32 Å². The van der Waals surface area contributed by atoms with Gasteiger partial charge in [-0.15, -0.1) is 0 Å². The van der Waals surface area contributed by atoms with Crippen molar-refractivity contribution < 1.29 is 24.0 Å². The molecule has 0 spiro atoms. The Morgan fingerprint density at radius 1 is 0.914 bits per heavy atom. The van der Waals surface area contributed by atoms with Crippen LogP contribution in [0.2, 0.25) is 0 Å². The molecule has 2 heterocycles. The van der Waals surface area contributed by atoms with Gasteiger partial charge in [0.15, 0.2) is 11.6 Å². The van der Waals surface area contributed by atoms with Crippen LogP contribution < -0.4 is 5.32 Å². The molecule has 8 nitrogen and oxygen atoms in total. The first-order valence-electron chi connectivity index (χ1n) is 10.7. The normalized spacial score (nSPS) is 15.9. The lowest BCUT2D eigenvalue weighted by Crippen LogP contribution is -2.38. The molecule has 2 aliphatic rings. The smallest absolute Gasteiger partial charge is 0.293 e. The maximum Gasteiger partial charge on any atom is 0.293 e. The summed E-state index contributed by atoms with van der Waals surface area (Å²) in [6, 6.07) is 14.5. The van der Waals surface area contributed by atoms with Crippen molar-refractivity contribution >= 4 is 46.5 Å². The van der Waals surface area contributed by atoms with Crippen LogP contribution in [0.25, 0.3) is 6.08 Å². The van der Waals surface area contributed by atoms with Crippen LogP contribution in [0.4, 0.5) is 4.79 Å². The van der Waals surface area contributed by atoms with Crippen molar-refractivity contribution in [2.45, 2.75) is 0 Å². The lowest BCUT2D eigenvalue weighted by molar-refractivity contribution is -0.122. The fourth-order valence-electron chi connectivity index (χ4n) is 4.02. The van der Waals surface area contributed by atoms with E-state index in [0.29, 0.717) is 11.1 Å². The van der Waals surface area contributed by atoms with Crippen molar-refractivity contribution in [3.63, 3.8) is 0 Å². The summed E-state index contributed by atoms with van der Waals surface area (Å²) in [5, 5.41) is 2.22. The molecule has 5 rings (SSSR count). The molecule has 0 atom stereocenters. The highest BCUT2D eigenvalue weighted by atomic mass is 32.2. The minimum Gasteiger partial charge on any atom is -0.350 e. The van der Waals surface area contributed by atoms with E-state index in [1.54, 1.807) is 60.9 Å². The maximum atomic E-state index is 13.1. The van der Waals surface area contributed by atoms with Gasteiger partial charge in [0.05, 0.1) is 10.5 Å². The number of nitrogens with one attached hydrogen (secondary N) is 1. The molecule has 0 unspecified atom stereocenters. The van der Waals surface area contributed by atoms with Crippen LogP contribution in [0.15, 0.2) is 71.9 Å². The standard InChI is InChI=1S/C26H17N3O5S/c30-22-16-6-1-2-7-17(16)23(31)21-18(22)8-3-9-19(21)24(32)28-11-12-29-25(33)20(35-26(29)34)13-15-5-4-10-27-14-15/h1-10,13-14H,11-12H2,(H,28,32). The van der Waals surface area contributed by atoms with E-state index in [9.17, 15) is 24.0 Å². The Bertz CT molecular complexity index is 1450. The van der Waals surface area contributed by atoms with Gasteiger partial charge in [-0.3, -0.25) is 33.9 Å². The molecule has 0 bridgehead atoms. The third-order valence-electron chi connectivity index (χ3n) is 5.67. The van der Waals surface area contributed by atoms with Crippen molar-refractivity contribution in [1.82, 2.24) is 15.2 Å². The van der Waals surface area contributed by atoms with Gasteiger partial charge in [-0.1, -0.05) is 42.5 Å². The van der Waals surface area contributed by atoms with E-state index in [1.165, 1.54) is 12.1 Å². The Kier molecular flexibility index (Phi) is 5.84. The van der Waals surface area contributed by atoms with Gasteiger partial charge in [0.25, 0.3) is 17.1 Å². The molecule has 2 aromatic carbocycles. The molecule has 172 valence electrons. The minimum absolute atomic E-state index is 0.0144. The van der Waals surface area contributed by atoms with E-state index in [0.717, 1.165) is 16.7 Å². The molecular formula is C26H17N3O5S. The molecule has 1 aromatic heterocycles. The van der Waals surface area contributed by atoms with E-state index in [1.807, 2.05) is 0 Å². The number of ketones is 2. The summed E-state index contributed by atoms with van der Waals surface area (Å²) >= 11 is 0.820. The SMILES string of the molecule is O=C(NCCN1C(=O)SC(=Cc2cccnc2)C1=O)c1cccc2c1C(=O)c1ccccc1C2=O. The van der Waals surface area contributed by atoms with Crippen LogP contribution >= 0.6 is 11.8 Å². The number of amides is 3. The highest BCUT2D eigenvalue weighted by Gasteiger charge is 2.35. The summed E-state index contributed by atoms with van der Waals surface area (Å²) in [4.78, 5) is 69.2. The lowest BCUT2D eigenvalue weighted by atomic mass is 9.81. The van der Waals surface area contributed by atoms with Crippen LogP contribution in [0.3, 0.4) is 0 Å². The van der Waals surface area contributed by atoms with E-state index in [2.05, 4.69) is 10.3 Å². The largest absolute Gasteiger partial charge is 0.350 e. The van der Waals surface area contributed by atoms with Gasteiger partial charge in [-0.25, -0.2) is 0 Å². The molecule has 1 fully saturated rings. The van der Waals surface area contributed by atoms with E-state index >= 15 is 0 Å². The van der Waals surface area contributed by atoms with Crippen LogP contribution in [0, 0.1) is 0 Å². The summed E-state index contributed by atoms with van der Waals surface area (Å²) < 4.78 is 0. The van der Waals surface area contributed by atoms with Gasteiger partial charge in [0.2, 0.25) is 0 Å². The van der Waals surface area contributed by atoms with Crippen LogP contribution in [-0.2, 0) is 4.79 Å². The fraction of sp³-hybridized carbons (Fsp3) is 0.0769. The number of aromatic nitrogens is 1. The predicted octanol–water partition coefficient (Wildman–Crippen LogP) is 3.32. The van der Waals surface area contributed by atoms with Gasteiger partial charge in [0, 0.05) is 47.7 Å². The molecule has 35 heavy (non-hydrogen) atoms. The number of fused-ring (bicyclic) bond motifs is 2. The summed E-state index contributed by atoms with van der Waals surface area (Å²) in [5.41, 5.74) is 1.55. The second kappa shape index (κ2) is 9.11. The van der Waals surface area contributed by atoms with Crippen molar-refractivity contribution in [3.05, 3.63) is 105 Å². The molecule has 0 radical (unpaired) electrons. The number of thioether (sulfide) groups is 1. The number of pyridine rings is 1. The number of benzene rings is 2. The zero-order valence-electron chi connectivity index (χ0n) is 18.2. The number of carbonyl (C=O) groups is 5. The van der Waals surface area contributed by atoms with Crippen LogP contribution in [0.1, 0.15) is 47.8 Å². The van der Waals surface area contributed by atoms with Crippen LogP contribution in [-0.4, -0.2) is 51.6 Å². The Hall–Kier alpha value is -4.37. The monoisotopic (exact) mass is 483 g/mol. The Morgan fingerprint density at radius 2 is 1.66 bits per heavy atom. The minimum atomic E-state index is -0.569. The lowest BCUT2D eigenvalue weighted by Gasteiger charge is -2.20. The molecule has 0 saturated carbocycles. The second-order valence-electron chi connectivity index (χ2n) is 7.81. The summed E-state index contributed by atoms with van der Waals surface area (Å²) in [6.07, 6.45) is 4.78. The van der Waals surface area contributed by atoms with Gasteiger partial charge in [-0.2, -0.15) is 0 Å². The maximum absolute atomic E-state index is 13.1. The number of hydrogen-bond acceptors (Lipinski definition) is 7. The second-order valence-corrected chi connectivity index (χ2v) is 8.80. The Balaban J connectivity index is 1.29. The first-order chi connectivity index (χ1) is 17.0. The Labute approximate surface area is 204 Å². The third kappa shape index (κ3) is 4.06. The zero-order valence-corrected chi connectivity index (χ0v) is 19.0. The predicted molar refractivity (Wildman–Crippen MR) is 129 cm³/mol. The van der Waals surface area contributed by atoms with Gasteiger partial charge >= 0.3 is 0 Å². The van der Waals surface area contributed by atoms with Crippen molar-refractivity contribution in [3.8, 4) is 0 Å². The first kappa shape index (κ1) is 22.4. The quantitative estimate of drug-likeness (QED) is 0.433. The summed E-state index contributed by atoms with van der Waals surface area (Å²) in [7, 11) is 0. The van der Waals surface area contributed by atoms with E-state index < -0.39 is 22.8 Å². The van der Waals surface area contributed by atoms with Gasteiger partial charge in [-0.05, 0) is 35.5 Å². The number of carbonyl (C=O) groups excluding carboxylic acids is 5. The number of nitrogens with zero attached hydrogens (tertiary/aromatic N) is 2. The molecule has 9 heteroatoms. The fourth-order valence-corrected chi connectivity index (χ4v) is 4.88. The molecule has 3 aromatic rings. The topological polar surface area (TPSA) is 114 Å². The van der Waals surface area contributed by atoms with Crippen LogP contribution in [0.5, 0.6) is 0 Å². The number of rotatable bonds is 5. The molecule has 1 saturated heterocycles. The number of hydrogen-bond donors (Lipinski definition) is 1. The molecule has 1 aliphatic carbocycles. The Morgan fingerprint density at radius 3 is 2.40 bits per heavy atom.